The zero-order valence-electron chi connectivity index (χ0n) is 8.62. The Balaban J connectivity index is 2.37. The van der Waals surface area contributed by atoms with Crippen molar-refractivity contribution >= 4 is 23.0 Å². The van der Waals surface area contributed by atoms with E-state index in [1.807, 2.05) is 0 Å². The Kier molecular flexibility index (Phi) is 2.73. The fraction of sp³-hybridized carbons (Fsp3) is 0.200. The number of nitrogens with zero attached hydrogens (tertiary/aromatic N) is 2. The Hall–Kier alpha value is -2.44. The quantitative estimate of drug-likeness (QED) is 0.655. The van der Waals surface area contributed by atoms with Crippen molar-refractivity contribution < 1.29 is 19.8 Å². The molecule has 1 heterocycles. The SMILES string of the molecule is O=C(O)C(Cc1cccc2[nH]nnc12)C(=O)O. The number of hydrogen-bond acceptors (Lipinski definition) is 4. The molecule has 0 unspecified atom stereocenters. The zero-order chi connectivity index (χ0) is 12.4. The molecule has 0 aliphatic rings. The first-order valence-electron chi connectivity index (χ1n) is 4.84. The third-order valence-corrected chi connectivity index (χ3v) is 2.46. The molecule has 0 bridgehead atoms. The van der Waals surface area contributed by atoms with Crippen LogP contribution in [0.3, 0.4) is 0 Å². The summed E-state index contributed by atoms with van der Waals surface area (Å²) in [4.78, 5) is 21.6. The Morgan fingerprint density at radius 3 is 2.65 bits per heavy atom. The highest BCUT2D eigenvalue weighted by Gasteiger charge is 2.26. The van der Waals surface area contributed by atoms with E-state index in [2.05, 4.69) is 15.4 Å². The van der Waals surface area contributed by atoms with E-state index >= 15 is 0 Å². The van der Waals surface area contributed by atoms with Gasteiger partial charge in [0.1, 0.15) is 5.52 Å². The first kappa shape index (κ1) is 11.1. The monoisotopic (exact) mass is 235 g/mol. The molecule has 0 fully saturated rings. The Morgan fingerprint density at radius 1 is 1.29 bits per heavy atom. The third kappa shape index (κ3) is 2.07. The Bertz CT molecular complexity index is 564. The number of aromatic nitrogens is 3. The number of aromatic amines is 1. The van der Waals surface area contributed by atoms with Crippen LogP contribution in [0.2, 0.25) is 0 Å². The van der Waals surface area contributed by atoms with E-state index in [9.17, 15) is 9.59 Å². The number of carboxylic acid groups (broad SMARTS) is 2. The summed E-state index contributed by atoms with van der Waals surface area (Å²) in [6.07, 6.45) is -0.117. The van der Waals surface area contributed by atoms with E-state index < -0.39 is 17.9 Å². The molecule has 88 valence electrons. The van der Waals surface area contributed by atoms with Crippen molar-refractivity contribution in [3.63, 3.8) is 0 Å². The van der Waals surface area contributed by atoms with Gasteiger partial charge in [0, 0.05) is 0 Å². The minimum atomic E-state index is -1.47. The molecule has 0 radical (unpaired) electrons. The molecule has 7 nitrogen and oxygen atoms in total. The first-order chi connectivity index (χ1) is 8.09. The molecule has 0 saturated carbocycles. The van der Waals surface area contributed by atoms with Gasteiger partial charge in [-0.05, 0) is 18.1 Å². The van der Waals surface area contributed by atoms with Crippen molar-refractivity contribution in [3.8, 4) is 0 Å². The van der Waals surface area contributed by atoms with Gasteiger partial charge < -0.3 is 10.2 Å². The van der Waals surface area contributed by atoms with Crippen molar-refractivity contribution in [2.24, 2.45) is 5.92 Å². The molecule has 2 rings (SSSR count). The van der Waals surface area contributed by atoms with Gasteiger partial charge in [-0.3, -0.25) is 14.7 Å². The summed E-state index contributed by atoms with van der Waals surface area (Å²) < 4.78 is 0. The number of rotatable bonds is 4. The van der Waals surface area contributed by atoms with Crippen LogP contribution in [0.25, 0.3) is 11.0 Å². The molecule has 7 heteroatoms. The number of hydrogen-bond donors (Lipinski definition) is 3. The van der Waals surface area contributed by atoms with E-state index in [4.69, 9.17) is 10.2 Å². The lowest BCUT2D eigenvalue weighted by molar-refractivity contribution is -0.154. The Labute approximate surface area is 95.1 Å². The molecule has 17 heavy (non-hydrogen) atoms. The average Bonchev–Trinajstić information content (AvgIpc) is 2.73. The number of nitrogens with one attached hydrogen (secondary N) is 1. The molecule has 0 aliphatic heterocycles. The predicted octanol–water partition coefficient (Wildman–Crippen LogP) is 0.286. The summed E-state index contributed by atoms with van der Waals surface area (Å²) in [5, 5.41) is 27.6. The topological polar surface area (TPSA) is 116 Å². The van der Waals surface area contributed by atoms with Gasteiger partial charge in [-0.25, -0.2) is 0 Å². The maximum Gasteiger partial charge on any atom is 0.318 e. The number of benzene rings is 1. The van der Waals surface area contributed by atoms with E-state index in [0.29, 0.717) is 16.6 Å². The van der Waals surface area contributed by atoms with Crippen LogP contribution in [-0.2, 0) is 16.0 Å². The molecular weight excluding hydrogens is 226 g/mol. The van der Waals surface area contributed by atoms with Crippen LogP contribution in [0, 0.1) is 5.92 Å². The minimum Gasteiger partial charge on any atom is -0.481 e. The third-order valence-electron chi connectivity index (χ3n) is 2.46. The molecule has 1 aromatic heterocycles. The van der Waals surface area contributed by atoms with Crippen LogP contribution in [0.5, 0.6) is 0 Å². The lowest BCUT2D eigenvalue weighted by Crippen LogP contribution is -2.25. The van der Waals surface area contributed by atoms with Gasteiger partial charge in [-0.2, -0.15) is 0 Å². The van der Waals surface area contributed by atoms with Gasteiger partial charge in [0.2, 0.25) is 0 Å². The second-order valence-corrected chi connectivity index (χ2v) is 3.56. The van der Waals surface area contributed by atoms with Crippen molar-refractivity contribution in [3.05, 3.63) is 23.8 Å². The predicted molar refractivity (Wildman–Crippen MR) is 56.4 cm³/mol. The molecule has 0 amide bonds. The van der Waals surface area contributed by atoms with Gasteiger partial charge in [0.05, 0.1) is 5.52 Å². The van der Waals surface area contributed by atoms with Gasteiger partial charge in [0.25, 0.3) is 0 Å². The smallest absolute Gasteiger partial charge is 0.318 e. The van der Waals surface area contributed by atoms with Crippen LogP contribution in [0.15, 0.2) is 18.2 Å². The summed E-state index contributed by atoms with van der Waals surface area (Å²) in [6.45, 7) is 0. The van der Waals surface area contributed by atoms with Gasteiger partial charge in [0.15, 0.2) is 5.92 Å². The second kappa shape index (κ2) is 4.20. The van der Waals surface area contributed by atoms with Crippen LogP contribution < -0.4 is 0 Å². The molecule has 3 N–H and O–H groups in total. The van der Waals surface area contributed by atoms with Crippen LogP contribution in [0.4, 0.5) is 0 Å². The maximum atomic E-state index is 10.8. The van der Waals surface area contributed by atoms with E-state index in [1.54, 1.807) is 18.2 Å². The first-order valence-corrected chi connectivity index (χ1v) is 4.84. The number of aliphatic carboxylic acids is 2. The van der Waals surface area contributed by atoms with Crippen molar-refractivity contribution in [2.45, 2.75) is 6.42 Å². The van der Waals surface area contributed by atoms with E-state index in [-0.39, 0.29) is 6.42 Å². The molecular formula is C10H9N3O4. The van der Waals surface area contributed by atoms with Crippen molar-refractivity contribution in [1.29, 1.82) is 0 Å². The molecule has 0 atom stereocenters. The van der Waals surface area contributed by atoms with Crippen LogP contribution in [0.1, 0.15) is 5.56 Å². The summed E-state index contributed by atoms with van der Waals surface area (Å²) in [6, 6.07) is 5.07. The number of fused-ring (bicyclic) bond motifs is 1. The maximum absolute atomic E-state index is 10.8. The normalized spacial score (nSPS) is 10.9. The van der Waals surface area contributed by atoms with E-state index in [0.717, 1.165) is 0 Å². The van der Waals surface area contributed by atoms with Gasteiger partial charge in [-0.15, -0.1) is 5.10 Å². The highest BCUT2D eigenvalue weighted by molar-refractivity contribution is 5.93. The fourth-order valence-electron chi connectivity index (χ4n) is 1.59. The van der Waals surface area contributed by atoms with Gasteiger partial charge in [-0.1, -0.05) is 17.3 Å². The number of carboxylic acids is 2. The van der Waals surface area contributed by atoms with Crippen molar-refractivity contribution in [1.82, 2.24) is 15.4 Å². The summed E-state index contributed by atoms with van der Waals surface area (Å²) >= 11 is 0. The fourth-order valence-corrected chi connectivity index (χ4v) is 1.59. The summed E-state index contributed by atoms with van der Waals surface area (Å²) in [5.41, 5.74) is 1.70. The lowest BCUT2D eigenvalue weighted by Gasteiger charge is -2.07. The minimum absolute atomic E-state index is 0.117. The molecule has 0 saturated heterocycles. The molecule has 0 spiro atoms. The van der Waals surface area contributed by atoms with E-state index in [1.165, 1.54) is 0 Å². The lowest BCUT2D eigenvalue weighted by atomic mass is 9.98. The number of H-pyrrole nitrogens is 1. The molecule has 1 aromatic carbocycles. The van der Waals surface area contributed by atoms with Crippen LogP contribution in [-0.4, -0.2) is 37.6 Å². The highest BCUT2D eigenvalue weighted by Crippen LogP contribution is 2.17. The number of carbonyl (C=O) groups is 2. The standard InChI is InChI=1S/C10H9N3O4/c14-9(15)6(10(16)17)4-5-2-1-3-7-8(5)12-13-11-7/h1-3,6H,4H2,(H,14,15)(H,16,17)(H,11,12,13). The van der Waals surface area contributed by atoms with Crippen molar-refractivity contribution in [2.75, 3.05) is 0 Å². The average molecular weight is 235 g/mol. The Morgan fingerprint density at radius 2 is 2.00 bits per heavy atom. The summed E-state index contributed by atoms with van der Waals surface area (Å²) in [5.74, 6) is -4.20. The highest BCUT2D eigenvalue weighted by atomic mass is 16.4. The van der Waals surface area contributed by atoms with Crippen LogP contribution >= 0.6 is 0 Å². The molecule has 0 aliphatic carbocycles. The largest absolute Gasteiger partial charge is 0.481 e. The zero-order valence-corrected chi connectivity index (χ0v) is 8.62. The second-order valence-electron chi connectivity index (χ2n) is 3.56. The van der Waals surface area contributed by atoms with Gasteiger partial charge >= 0.3 is 11.9 Å². The molecule has 2 aromatic rings. The summed E-state index contributed by atoms with van der Waals surface area (Å²) in [7, 11) is 0.